The van der Waals surface area contributed by atoms with Crippen LogP contribution in [0.1, 0.15) is 10.6 Å². The summed E-state index contributed by atoms with van der Waals surface area (Å²) in [5.74, 6) is 2.20. The highest BCUT2D eigenvalue weighted by atomic mass is 127. The number of rotatable bonds is 12. The van der Waals surface area contributed by atoms with E-state index in [-0.39, 0.29) is 5.75 Å². The second kappa shape index (κ2) is 13.1. The SMILES string of the molecule is COc1cc2ncnc(Nc3ccc(OCc4ccccc4)c(I)c3)c2cc1-c1csc(CNCCS(C)(=O)=O)n1. The van der Waals surface area contributed by atoms with Crippen LogP contribution in [0.25, 0.3) is 22.2 Å². The van der Waals surface area contributed by atoms with Gasteiger partial charge in [0.2, 0.25) is 0 Å². The molecular formula is C29H28IN5O4S2. The summed E-state index contributed by atoms with van der Waals surface area (Å²) in [6.07, 6.45) is 2.75. The Hall–Kier alpha value is -3.33. The predicted octanol–water partition coefficient (Wildman–Crippen LogP) is 5.82. The Morgan fingerprint density at radius 3 is 2.61 bits per heavy atom. The summed E-state index contributed by atoms with van der Waals surface area (Å²) in [7, 11) is -1.39. The maximum atomic E-state index is 11.4. The first kappa shape index (κ1) is 29.2. The van der Waals surface area contributed by atoms with Gasteiger partial charge >= 0.3 is 0 Å². The van der Waals surface area contributed by atoms with Gasteiger partial charge in [-0.1, -0.05) is 30.3 Å². The molecule has 0 aliphatic carbocycles. The molecule has 0 fully saturated rings. The van der Waals surface area contributed by atoms with Crippen molar-refractivity contribution in [2.75, 3.05) is 31.0 Å². The zero-order valence-electron chi connectivity index (χ0n) is 22.4. The highest BCUT2D eigenvalue weighted by Crippen LogP contribution is 2.37. The van der Waals surface area contributed by atoms with Gasteiger partial charge < -0.3 is 20.1 Å². The second-order valence-corrected chi connectivity index (χ2v) is 13.6. The molecule has 5 aromatic rings. The molecule has 0 unspecified atom stereocenters. The third-order valence-corrected chi connectivity index (χ3v) is 8.78. The molecule has 0 atom stereocenters. The Labute approximate surface area is 256 Å². The number of hydrogen-bond donors (Lipinski definition) is 2. The Balaban J connectivity index is 1.35. The van der Waals surface area contributed by atoms with Crippen LogP contribution < -0.4 is 20.1 Å². The first-order valence-corrected chi connectivity index (χ1v) is 16.7. The van der Waals surface area contributed by atoms with Gasteiger partial charge in [0.1, 0.15) is 45.1 Å². The van der Waals surface area contributed by atoms with Gasteiger partial charge in [-0.15, -0.1) is 11.3 Å². The van der Waals surface area contributed by atoms with Crippen molar-refractivity contribution in [3.63, 3.8) is 0 Å². The standard InChI is InChI=1S/C29H28IN5O4S2/c1-38-27-14-24-22(13-21(27)25-17-40-28(35-25)15-31-10-11-41(2,36)37)29(33-18-32-24)34-20-8-9-26(23(30)12-20)39-16-19-6-4-3-5-7-19/h3-9,12-14,17-18,31H,10-11,15-16H2,1-2H3,(H,32,33,34). The fourth-order valence-electron chi connectivity index (χ4n) is 4.09. The Morgan fingerprint density at radius 2 is 1.85 bits per heavy atom. The van der Waals surface area contributed by atoms with E-state index in [0.29, 0.717) is 31.3 Å². The highest BCUT2D eigenvalue weighted by molar-refractivity contribution is 14.1. The van der Waals surface area contributed by atoms with Crippen molar-refractivity contribution in [2.24, 2.45) is 0 Å². The molecule has 0 saturated carbocycles. The lowest BCUT2D eigenvalue weighted by atomic mass is 10.1. The predicted molar refractivity (Wildman–Crippen MR) is 172 cm³/mol. The highest BCUT2D eigenvalue weighted by Gasteiger charge is 2.15. The minimum Gasteiger partial charge on any atom is -0.496 e. The summed E-state index contributed by atoms with van der Waals surface area (Å²) in [4.78, 5) is 13.7. The van der Waals surface area contributed by atoms with Gasteiger partial charge in [-0.2, -0.15) is 0 Å². The lowest BCUT2D eigenvalue weighted by Gasteiger charge is -2.13. The van der Waals surface area contributed by atoms with Crippen LogP contribution in [0.4, 0.5) is 11.5 Å². The van der Waals surface area contributed by atoms with Crippen LogP contribution in [-0.4, -0.2) is 49.0 Å². The lowest BCUT2D eigenvalue weighted by Crippen LogP contribution is -2.21. The van der Waals surface area contributed by atoms with Crippen molar-refractivity contribution < 1.29 is 17.9 Å². The van der Waals surface area contributed by atoms with Crippen LogP contribution in [0.5, 0.6) is 11.5 Å². The molecule has 2 heterocycles. The van der Waals surface area contributed by atoms with E-state index in [1.165, 1.54) is 23.9 Å². The van der Waals surface area contributed by atoms with Gasteiger partial charge in [0.25, 0.3) is 0 Å². The van der Waals surface area contributed by atoms with E-state index in [2.05, 4.69) is 43.2 Å². The van der Waals surface area contributed by atoms with Gasteiger partial charge in [-0.3, -0.25) is 0 Å². The number of anilines is 2. The smallest absolute Gasteiger partial charge is 0.148 e. The minimum absolute atomic E-state index is 0.0853. The molecule has 3 aromatic carbocycles. The normalized spacial score (nSPS) is 11.5. The van der Waals surface area contributed by atoms with E-state index in [4.69, 9.17) is 14.5 Å². The molecular weight excluding hydrogens is 673 g/mol. The van der Waals surface area contributed by atoms with E-state index in [1.54, 1.807) is 7.11 Å². The van der Waals surface area contributed by atoms with Crippen LogP contribution in [0.3, 0.4) is 0 Å². The fourth-order valence-corrected chi connectivity index (χ4v) is 6.04. The lowest BCUT2D eigenvalue weighted by molar-refractivity contribution is 0.304. The molecule has 2 aromatic heterocycles. The number of halogens is 1. The molecule has 0 aliphatic rings. The Morgan fingerprint density at radius 1 is 1.02 bits per heavy atom. The van der Waals surface area contributed by atoms with Gasteiger partial charge in [-0.25, -0.2) is 23.4 Å². The number of thiazole rings is 1. The summed E-state index contributed by atoms with van der Waals surface area (Å²) in [6.45, 7) is 1.36. The van der Waals surface area contributed by atoms with Gasteiger partial charge in [-0.05, 0) is 52.4 Å². The van der Waals surface area contributed by atoms with Crippen LogP contribution >= 0.6 is 33.9 Å². The average molecular weight is 702 g/mol. The maximum absolute atomic E-state index is 11.4. The molecule has 5 rings (SSSR count). The zero-order valence-corrected chi connectivity index (χ0v) is 26.2. The summed E-state index contributed by atoms with van der Waals surface area (Å²) in [5, 5.41) is 10.2. The van der Waals surface area contributed by atoms with E-state index in [0.717, 1.165) is 47.7 Å². The van der Waals surface area contributed by atoms with E-state index >= 15 is 0 Å². The molecule has 0 saturated heterocycles. The first-order chi connectivity index (χ1) is 19.8. The van der Waals surface area contributed by atoms with Crippen LogP contribution in [0.15, 0.2) is 72.4 Å². The van der Waals surface area contributed by atoms with E-state index in [9.17, 15) is 8.42 Å². The van der Waals surface area contributed by atoms with Crippen molar-refractivity contribution in [1.82, 2.24) is 20.3 Å². The molecule has 2 N–H and O–H groups in total. The molecule has 212 valence electrons. The zero-order chi connectivity index (χ0) is 28.8. The quantitative estimate of drug-likeness (QED) is 0.123. The number of hydrogen-bond acceptors (Lipinski definition) is 10. The van der Waals surface area contributed by atoms with Gasteiger partial charge in [0.05, 0.1) is 27.6 Å². The van der Waals surface area contributed by atoms with E-state index < -0.39 is 9.84 Å². The second-order valence-electron chi connectivity index (χ2n) is 9.27. The number of aromatic nitrogens is 3. The van der Waals surface area contributed by atoms with Crippen molar-refractivity contribution in [3.05, 3.63) is 86.5 Å². The summed E-state index contributed by atoms with van der Waals surface area (Å²) in [5.41, 5.74) is 4.29. The molecule has 0 spiro atoms. The molecule has 0 aliphatic heterocycles. The topological polar surface area (TPSA) is 115 Å². The minimum atomic E-state index is -3.01. The van der Waals surface area contributed by atoms with Crippen molar-refractivity contribution in [3.8, 4) is 22.8 Å². The molecule has 41 heavy (non-hydrogen) atoms. The van der Waals surface area contributed by atoms with Crippen LogP contribution in [-0.2, 0) is 23.0 Å². The third-order valence-electron chi connectivity index (χ3n) is 6.14. The molecule has 12 heteroatoms. The van der Waals surface area contributed by atoms with E-state index in [1.807, 2.05) is 66.0 Å². The molecule has 9 nitrogen and oxygen atoms in total. The first-order valence-electron chi connectivity index (χ1n) is 12.7. The number of benzene rings is 3. The number of nitrogens with one attached hydrogen (secondary N) is 2. The number of methoxy groups -OCH3 is 1. The summed E-state index contributed by atoms with van der Waals surface area (Å²) >= 11 is 3.77. The number of sulfone groups is 1. The Bertz CT molecular complexity index is 1760. The number of ether oxygens (including phenoxy) is 2. The van der Waals surface area contributed by atoms with Crippen LogP contribution in [0.2, 0.25) is 0 Å². The largest absolute Gasteiger partial charge is 0.496 e. The molecule has 0 bridgehead atoms. The Kier molecular flexibility index (Phi) is 9.32. The monoisotopic (exact) mass is 701 g/mol. The number of nitrogens with zero attached hydrogens (tertiary/aromatic N) is 3. The van der Waals surface area contributed by atoms with Gasteiger partial charge in [0.15, 0.2) is 0 Å². The number of fused-ring (bicyclic) bond motifs is 1. The molecule has 0 radical (unpaired) electrons. The molecule has 0 amide bonds. The summed E-state index contributed by atoms with van der Waals surface area (Å²) < 4.78 is 35.4. The van der Waals surface area contributed by atoms with Gasteiger partial charge in [0, 0.05) is 47.4 Å². The summed E-state index contributed by atoms with van der Waals surface area (Å²) in [6, 6.07) is 19.9. The van der Waals surface area contributed by atoms with Crippen molar-refractivity contribution in [2.45, 2.75) is 13.2 Å². The fraction of sp³-hybridized carbons (Fsp3) is 0.207. The third kappa shape index (κ3) is 7.70. The van der Waals surface area contributed by atoms with Crippen LogP contribution in [0, 0.1) is 3.57 Å². The average Bonchev–Trinajstić information content (AvgIpc) is 3.43. The maximum Gasteiger partial charge on any atom is 0.148 e. The van der Waals surface area contributed by atoms with Crippen molar-refractivity contribution >= 4 is 66.2 Å². The van der Waals surface area contributed by atoms with Crippen molar-refractivity contribution in [1.29, 1.82) is 0 Å².